The van der Waals surface area contributed by atoms with E-state index in [1.54, 1.807) is 18.2 Å². The van der Waals surface area contributed by atoms with E-state index in [0.717, 1.165) is 5.92 Å². The van der Waals surface area contributed by atoms with Crippen molar-refractivity contribution >= 4 is 18.9 Å². The van der Waals surface area contributed by atoms with Crippen LogP contribution in [-0.4, -0.2) is 40.4 Å². The van der Waals surface area contributed by atoms with Crippen LogP contribution in [0.15, 0.2) is 48.8 Å². The van der Waals surface area contributed by atoms with Gasteiger partial charge in [0.05, 0.1) is 24.5 Å². The number of halogens is 1. The van der Waals surface area contributed by atoms with E-state index < -0.39 is 30.8 Å². The average Bonchev–Trinajstić information content (AvgIpc) is 2.66. The molecule has 29 heavy (non-hydrogen) atoms. The van der Waals surface area contributed by atoms with Gasteiger partial charge >= 0.3 is 7.12 Å². The first kappa shape index (κ1) is 24.3. The van der Waals surface area contributed by atoms with E-state index in [4.69, 9.17) is 10.0 Å². The fourth-order valence-corrected chi connectivity index (χ4v) is 2.20. The molecular weight excluding hydrogens is 376 g/mol. The molecule has 156 valence electrons. The van der Waals surface area contributed by atoms with Gasteiger partial charge in [0.25, 0.3) is 5.91 Å². The minimum atomic E-state index is -1.69. The number of hydrogen-bond donors (Lipinski definition) is 4. The summed E-state index contributed by atoms with van der Waals surface area (Å²) in [5, 5.41) is 22.5. The second-order valence-electron chi connectivity index (χ2n) is 7.01. The zero-order valence-electron chi connectivity index (χ0n) is 16.8. The molecule has 1 aromatic heterocycles. The van der Waals surface area contributed by atoms with E-state index in [1.807, 2.05) is 0 Å². The molecule has 4 N–H and O–H groups in total. The molecule has 2 rings (SSSR count). The molecule has 0 saturated carbocycles. The number of nitrogens with zero attached hydrogens (tertiary/aromatic N) is 1. The van der Waals surface area contributed by atoms with Crippen molar-refractivity contribution in [1.29, 1.82) is 0 Å². The molecule has 2 aromatic rings. The average molecular weight is 403 g/mol. The van der Waals surface area contributed by atoms with Crippen LogP contribution in [-0.2, 0) is 4.79 Å². The summed E-state index contributed by atoms with van der Waals surface area (Å²) in [4.78, 5) is 28.1. The molecule has 0 radical (unpaired) electrons. The lowest BCUT2D eigenvalue weighted by atomic mass is 9.92. The van der Waals surface area contributed by atoms with Gasteiger partial charge in [-0.25, -0.2) is 4.39 Å². The molecular formula is C20H27BFN3O4. The zero-order chi connectivity index (χ0) is 21.8. The molecule has 0 fully saturated rings. The summed E-state index contributed by atoms with van der Waals surface area (Å²) in [7, 11) is -1.69. The Bertz CT molecular complexity index is 773. The van der Waals surface area contributed by atoms with Crippen LogP contribution in [0.25, 0.3) is 0 Å². The minimum absolute atomic E-state index is 0.152. The van der Waals surface area contributed by atoms with Crippen molar-refractivity contribution < 1.29 is 24.0 Å². The number of amides is 2. The molecule has 1 atom stereocenters. The van der Waals surface area contributed by atoms with Crippen LogP contribution in [0.5, 0.6) is 0 Å². The van der Waals surface area contributed by atoms with Gasteiger partial charge in [0.2, 0.25) is 5.91 Å². The molecule has 1 aromatic carbocycles. The summed E-state index contributed by atoms with van der Waals surface area (Å²) in [6.07, 6.45) is 2.24. The summed E-state index contributed by atoms with van der Waals surface area (Å²) in [6, 6.07) is 8.00. The standard InChI is InChI=1S/C16H17BFN3O4.C4H10/c18-13-6-2-1-5-12(13)14(8-15(22)20-10-17(24)25)21-16(23)11-4-3-7-19-9-11;1-4(2)3/h1-7,9,14,24-25H,8,10H2,(H,20,22)(H,21,23);4H,1-3H3. The molecule has 0 spiro atoms. The second kappa shape index (κ2) is 12.6. The molecule has 1 unspecified atom stereocenters. The van der Waals surface area contributed by atoms with Gasteiger partial charge in [-0.3, -0.25) is 14.6 Å². The topological polar surface area (TPSA) is 112 Å². The quantitative estimate of drug-likeness (QED) is 0.528. The van der Waals surface area contributed by atoms with Crippen molar-refractivity contribution in [2.75, 3.05) is 6.44 Å². The lowest BCUT2D eigenvalue weighted by Crippen LogP contribution is -2.38. The predicted molar refractivity (Wildman–Crippen MR) is 109 cm³/mol. The summed E-state index contributed by atoms with van der Waals surface area (Å²) >= 11 is 0. The lowest BCUT2D eigenvalue weighted by Gasteiger charge is -2.19. The van der Waals surface area contributed by atoms with E-state index in [2.05, 4.69) is 36.4 Å². The van der Waals surface area contributed by atoms with Gasteiger partial charge in [-0.05, 0) is 24.1 Å². The highest BCUT2D eigenvalue weighted by Gasteiger charge is 2.22. The zero-order valence-corrected chi connectivity index (χ0v) is 16.8. The van der Waals surface area contributed by atoms with E-state index in [0.29, 0.717) is 0 Å². The summed E-state index contributed by atoms with van der Waals surface area (Å²) in [5.74, 6) is -0.793. The van der Waals surface area contributed by atoms with Gasteiger partial charge in [0.15, 0.2) is 0 Å². The molecule has 0 saturated heterocycles. The van der Waals surface area contributed by atoms with Gasteiger partial charge in [0, 0.05) is 18.0 Å². The van der Waals surface area contributed by atoms with Crippen LogP contribution < -0.4 is 10.6 Å². The Kier molecular flexibility index (Phi) is 10.6. The predicted octanol–water partition coefficient (Wildman–Crippen LogP) is 1.87. The van der Waals surface area contributed by atoms with Crippen LogP contribution >= 0.6 is 0 Å². The van der Waals surface area contributed by atoms with Crippen molar-refractivity contribution in [3.8, 4) is 0 Å². The largest absolute Gasteiger partial charge is 0.472 e. The van der Waals surface area contributed by atoms with Gasteiger partial charge in [-0.1, -0.05) is 39.0 Å². The first-order valence-electron chi connectivity index (χ1n) is 9.28. The van der Waals surface area contributed by atoms with Crippen molar-refractivity contribution in [2.45, 2.75) is 33.2 Å². The maximum Gasteiger partial charge on any atom is 0.472 e. The first-order valence-corrected chi connectivity index (χ1v) is 9.28. The highest BCUT2D eigenvalue weighted by atomic mass is 19.1. The molecule has 9 heteroatoms. The molecule has 1 heterocycles. The molecule has 0 aliphatic rings. The Morgan fingerprint density at radius 1 is 1.14 bits per heavy atom. The normalized spacial score (nSPS) is 11.1. The highest BCUT2D eigenvalue weighted by Crippen LogP contribution is 2.20. The highest BCUT2D eigenvalue weighted by molar-refractivity contribution is 6.41. The molecule has 7 nitrogen and oxygen atoms in total. The van der Waals surface area contributed by atoms with Crippen LogP contribution in [0.4, 0.5) is 4.39 Å². The number of benzene rings is 1. The first-order chi connectivity index (χ1) is 13.7. The molecule has 0 aliphatic heterocycles. The SMILES string of the molecule is CC(C)C.O=C(CC(NC(=O)c1cccnc1)c1ccccc1F)NCB(O)O. The Morgan fingerprint density at radius 3 is 2.34 bits per heavy atom. The molecule has 0 bridgehead atoms. The van der Waals surface area contributed by atoms with Crippen LogP contribution in [0.1, 0.15) is 49.2 Å². The third-order valence-corrected chi connectivity index (χ3v) is 3.38. The third kappa shape index (κ3) is 9.82. The summed E-state index contributed by atoms with van der Waals surface area (Å²) in [6.45, 7) is 6.50. The fraction of sp³-hybridized carbons (Fsp3) is 0.350. The van der Waals surface area contributed by atoms with Crippen molar-refractivity contribution in [2.24, 2.45) is 5.92 Å². The number of hydrogen-bond acceptors (Lipinski definition) is 5. The monoisotopic (exact) mass is 403 g/mol. The minimum Gasteiger partial charge on any atom is -0.426 e. The van der Waals surface area contributed by atoms with Gasteiger partial charge < -0.3 is 20.7 Å². The van der Waals surface area contributed by atoms with E-state index in [9.17, 15) is 14.0 Å². The van der Waals surface area contributed by atoms with Crippen LogP contribution in [0, 0.1) is 11.7 Å². The van der Waals surface area contributed by atoms with Gasteiger partial charge in [-0.2, -0.15) is 0 Å². The van der Waals surface area contributed by atoms with E-state index >= 15 is 0 Å². The molecule has 2 amide bonds. The second-order valence-corrected chi connectivity index (χ2v) is 7.01. The summed E-state index contributed by atoms with van der Waals surface area (Å²) < 4.78 is 14.1. The van der Waals surface area contributed by atoms with Crippen molar-refractivity contribution in [1.82, 2.24) is 15.6 Å². The number of pyridine rings is 1. The van der Waals surface area contributed by atoms with Crippen molar-refractivity contribution in [3.05, 3.63) is 65.7 Å². The molecule has 0 aliphatic carbocycles. The van der Waals surface area contributed by atoms with Crippen LogP contribution in [0.2, 0.25) is 0 Å². The Balaban J connectivity index is 0.000000960. The van der Waals surface area contributed by atoms with E-state index in [-0.39, 0.29) is 24.0 Å². The maximum absolute atomic E-state index is 14.1. The number of aromatic nitrogens is 1. The Labute approximate surface area is 170 Å². The smallest absolute Gasteiger partial charge is 0.426 e. The van der Waals surface area contributed by atoms with E-state index in [1.165, 1.54) is 30.6 Å². The number of nitrogens with one attached hydrogen (secondary N) is 2. The maximum atomic E-state index is 14.1. The number of carbonyl (C=O) groups is 2. The lowest BCUT2D eigenvalue weighted by molar-refractivity contribution is -0.121. The Hall–Kier alpha value is -2.78. The van der Waals surface area contributed by atoms with Crippen molar-refractivity contribution in [3.63, 3.8) is 0 Å². The fourth-order valence-electron chi connectivity index (χ4n) is 2.20. The summed E-state index contributed by atoms with van der Waals surface area (Å²) in [5.41, 5.74) is 0.425. The number of rotatable bonds is 7. The van der Waals surface area contributed by atoms with Gasteiger partial charge in [0.1, 0.15) is 5.82 Å². The number of carbonyl (C=O) groups excluding carboxylic acids is 2. The third-order valence-electron chi connectivity index (χ3n) is 3.38. The van der Waals surface area contributed by atoms with Crippen LogP contribution in [0.3, 0.4) is 0 Å². The Morgan fingerprint density at radius 2 is 1.79 bits per heavy atom. The van der Waals surface area contributed by atoms with Gasteiger partial charge in [-0.15, -0.1) is 0 Å².